The standard InChI is InChI=1S/C10H17N3OS/c1-7-4-13(5-8(2)12(7)3)10-11-9(14)6-15-10/h7-8H,4-6H2,1-3H3/t7-,8+. The molecule has 0 aromatic carbocycles. The molecule has 0 unspecified atom stereocenters. The lowest BCUT2D eigenvalue weighted by molar-refractivity contribution is -0.115. The van der Waals surface area contributed by atoms with Gasteiger partial charge < -0.3 is 4.90 Å². The zero-order valence-corrected chi connectivity index (χ0v) is 10.3. The number of nitrogens with zero attached hydrogens (tertiary/aromatic N) is 3. The lowest BCUT2D eigenvalue weighted by Crippen LogP contribution is -2.55. The third-order valence-electron chi connectivity index (χ3n) is 3.18. The van der Waals surface area contributed by atoms with Gasteiger partial charge in [-0.3, -0.25) is 9.69 Å². The van der Waals surface area contributed by atoms with Gasteiger partial charge in [0.15, 0.2) is 5.17 Å². The minimum absolute atomic E-state index is 0.00855. The molecule has 2 heterocycles. The van der Waals surface area contributed by atoms with Crippen molar-refractivity contribution in [1.82, 2.24) is 9.80 Å². The molecule has 5 heteroatoms. The summed E-state index contributed by atoms with van der Waals surface area (Å²) in [6, 6.07) is 1.04. The zero-order valence-electron chi connectivity index (χ0n) is 9.43. The number of hydrogen-bond acceptors (Lipinski definition) is 4. The third-order valence-corrected chi connectivity index (χ3v) is 4.17. The molecular formula is C10H17N3OS. The quantitative estimate of drug-likeness (QED) is 0.608. The summed E-state index contributed by atoms with van der Waals surface area (Å²) in [4.78, 5) is 19.7. The fourth-order valence-corrected chi connectivity index (χ4v) is 2.84. The van der Waals surface area contributed by atoms with Crippen LogP contribution in [0.25, 0.3) is 0 Å². The average Bonchev–Trinajstić information content (AvgIpc) is 2.60. The first-order valence-electron chi connectivity index (χ1n) is 5.29. The lowest BCUT2D eigenvalue weighted by Gasteiger charge is -2.42. The van der Waals surface area contributed by atoms with Crippen LogP contribution in [-0.2, 0) is 4.79 Å². The molecule has 84 valence electrons. The number of amidine groups is 1. The number of rotatable bonds is 0. The first-order valence-corrected chi connectivity index (χ1v) is 6.27. The highest BCUT2D eigenvalue weighted by molar-refractivity contribution is 8.14. The predicted molar refractivity (Wildman–Crippen MR) is 63.2 cm³/mol. The van der Waals surface area contributed by atoms with Crippen LogP contribution in [0.2, 0.25) is 0 Å². The van der Waals surface area contributed by atoms with Gasteiger partial charge in [-0.05, 0) is 20.9 Å². The molecule has 0 aliphatic carbocycles. The van der Waals surface area contributed by atoms with E-state index in [0.717, 1.165) is 18.3 Å². The Kier molecular flexibility index (Phi) is 3.02. The number of amides is 1. The summed E-state index contributed by atoms with van der Waals surface area (Å²) in [7, 11) is 2.15. The highest BCUT2D eigenvalue weighted by atomic mass is 32.2. The number of piperazine rings is 1. The minimum Gasteiger partial charge on any atom is -0.348 e. The van der Waals surface area contributed by atoms with Crippen LogP contribution < -0.4 is 0 Å². The number of likely N-dealkylation sites (N-methyl/N-ethyl adjacent to an activating group) is 1. The van der Waals surface area contributed by atoms with Crippen LogP contribution in [-0.4, -0.2) is 58.8 Å². The Bertz CT molecular complexity index is 293. The van der Waals surface area contributed by atoms with Crippen LogP contribution in [0.5, 0.6) is 0 Å². The SMILES string of the molecule is C[C@@H]1CN(C2=NC(=O)CS2)C[C@H](C)N1C. The molecular weight excluding hydrogens is 210 g/mol. The molecule has 15 heavy (non-hydrogen) atoms. The molecule has 0 bridgehead atoms. The van der Waals surface area contributed by atoms with Gasteiger partial charge >= 0.3 is 0 Å². The van der Waals surface area contributed by atoms with Gasteiger partial charge in [0, 0.05) is 25.2 Å². The highest BCUT2D eigenvalue weighted by Gasteiger charge is 2.30. The van der Waals surface area contributed by atoms with Crippen LogP contribution >= 0.6 is 11.8 Å². The van der Waals surface area contributed by atoms with Crippen LogP contribution in [0, 0.1) is 0 Å². The summed E-state index contributed by atoms with van der Waals surface area (Å²) in [6.45, 7) is 6.37. The molecule has 1 fully saturated rings. The molecule has 1 amide bonds. The van der Waals surface area contributed by atoms with Crippen molar-refractivity contribution in [3.05, 3.63) is 0 Å². The molecule has 2 aliphatic heterocycles. The Morgan fingerprint density at radius 3 is 2.40 bits per heavy atom. The Morgan fingerprint density at radius 1 is 1.33 bits per heavy atom. The predicted octanol–water partition coefficient (Wildman–Crippen LogP) is 0.640. The van der Waals surface area contributed by atoms with Crippen LogP contribution in [0.4, 0.5) is 0 Å². The van der Waals surface area contributed by atoms with E-state index in [1.807, 2.05) is 0 Å². The van der Waals surface area contributed by atoms with E-state index in [4.69, 9.17) is 0 Å². The summed E-state index contributed by atoms with van der Waals surface area (Å²) in [5.41, 5.74) is 0. The summed E-state index contributed by atoms with van der Waals surface area (Å²) in [5.74, 6) is 0.527. The maximum atomic E-state index is 11.1. The summed E-state index contributed by atoms with van der Waals surface area (Å²) < 4.78 is 0. The van der Waals surface area contributed by atoms with E-state index in [1.54, 1.807) is 11.8 Å². The Labute approximate surface area is 94.7 Å². The molecule has 0 saturated carbocycles. The van der Waals surface area contributed by atoms with Crippen molar-refractivity contribution in [2.24, 2.45) is 4.99 Å². The topological polar surface area (TPSA) is 35.9 Å². The van der Waals surface area contributed by atoms with Crippen LogP contribution in [0.1, 0.15) is 13.8 Å². The van der Waals surface area contributed by atoms with Crippen molar-refractivity contribution in [3.63, 3.8) is 0 Å². The van der Waals surface area contributed by atoms with E-state index in [0.29, 0.717) is 17.8 Å². The normalized spacial score (nSPS) is 33.4. The van der Waals surface area contributed by atoms with Gasteiger partial charge in [0.1, 0.15) is 0 Å². The van der Waals surface area contributed by atoms with E-state index >= 15 is 0 Å². The van der Waals surface area contributed by atoms with E-state index in [-0.39, 0.29) is 5.91 Å². The molecule has 0 aromatic heterocycles. The minimum atomic E-state index is 0.00855. The lowest BCUT2D eigenvalue weighted by atomic mass is 10.1. The fourth-order valence-electron chi connectivity index (χ4n) is 2.02. The smallest absolute Gasteiger partial charge is 0.258 e. The van der Waals surface area contributed by atoms with Gasteiger partial charge in [-0.1, -0.05) is 11.8 Å². The molecule has 2 rings (SSSR count). The number of aliphatic imine (C=N–C) groups is 1. The van der Waals surface area contributed by atoms with Crippen LogP contribution in [0.3, 0.4) is 0 Å². The van der Waals surface area contributed by atoms with Crippen molar-refractivity contribution in [3.8, 4) is 0 Å². The second kappa shape index (κ2) is 4.14. The Hall–Kier alpha value is -0.550. The van der Waals surface area contributed by atoms with Gasteiger partial charge in [0.2, 0.25) is 0 Å². The Morgan fingerprint density at radius 2 is 1.93 bits per heavy atom. The Balaban J connectivity index is 2.06. The monoisotopic (exact) mass is 227 g/mol. The molecule has 0 spiro atoms. The summed E-state index contributed by atoms with van der Waals surface area (Å²) in [6.07, 6.45) is 0. The van der Waals surface area contributed by atoms with Crippen molar-refractivity contribution in [1.29, 1.82) is 0 Å². The van der Waals surface area contributed by atoms with Crippen molar-refractivity contribution < 1.29 is 4.79 Å². The third kappa shape index (κ3) is 2.18. The fraction of sp³-hybridized carbons (Fsp3) is 0.800. The van der Waals surface area contributed by atoms with Crippen molar-refractivity contribution in [2.45, 2.75) is 25.9 Å². The first kappa shape index (κ1) is 11.0. The zero-order chi connectivity index (χ0) is 11.0. The van der Waals surface area contributed by atoms with E-state index in [9.17, 15) is 4.79 Å². The maximum absolute atomic E-state index is 11.1. The van der Waals surface area contributed by atoms with Gasteiger partial charge in [-0.2, -0.15) is 4.99 Å². The van der Waals surface area contributed by atoms with E-state index in [2.05, 4.69) is 35.7 Å². The maximum Gasteiger partial charge on any atom is 0.258 e. The molecule has 2 atom stereocenters. The number of hydrogen-bond donors (Lipinski definition) is 0. The number of carbonyl (C=O) groups excluding carboxylic acids is 1. The second-order valence-electron chi connectivity index (χ2n) is 4.35. The molecule has 4 nitrogen and oxygen atoms in total. The molecule has 0 N–H and O–H groups in total. The molecule has 2 aliphatic rings. The second-order valence-corrected chi connectivity index (χ2v) is 5.29. The van der Waals surface area contributed by atoms with Gasteiger partial charge in [-0.25, -0.2) is 0 Å². The van der Waals surface area contributed by atoms with Crippen molar-refractivity contribution in [2.75, 3.05) is 25.9 Å². The van der Waals surface area contributed by atoms with Gasteiger partial charge in [0.05, 0.1) is 5.75 Å². The van der Waals surface area contributed by atoms with Crippen molar-refractivity contribution >= 4 is 22.8 Å². The highest BCUT2D eigenvalue weighted by Crippen LogP contribution is 2.21. The number of carbonyl (C=O) groups is 1. The largest absolute Gasteiger partial charge is 0.348 e. The number of thioether (sulfide) groups is 1. The van der Waals surface area contributed by atoms with Gasteiger partial charge in [-0.15, -0.1) is 0 Å². The van der Waals surface area contributed by atoms with E-state index < -0.39 is 0 Å². The van der Waals surface area contributed by atoms with Crippen LogP contribution in [0.15, 0.2) is 4.99 Å². The summed E-state index contributed by atoms with van der Waals surface area (Å²) >= 11 is 1.57. The molecule has 0 radical (unpaired) electrons. The first-order chi connectivity index (χ1) is 7.08. The summed E-state index contributed by atoms with van der Waals surface area (Å²) in [5, 5.41) is 0.923. The van der Waals surface area contributed by atoms with E-state index in [1.165, 1.54) is 0 Å². The average molecular weight is 227 g/mol. The molecule has 1 saturated heterocycles. The molecule has 0 aromatic rings. The van der Waals surface area contributed by atoms with Gasteiger partial charge in [0.25, 0.3) is 5.91 Å².